The number of guanidine groups is 1. The SMILES string of the molecule is CCNC(=NCc1ccnc(N(C)C)c1)NCCc1ccccc1Cl.I. The number of hydrogen-bond acceptors (Lipinski definition) is 3. The summed E-state index contributed by atoms with van der Waals surface area (Å²) in [4.78, 5) is 11.0. The average Bonchev–Trinajstić information content (AvgIpc) is 2.61. The van der Waals surface area contributed by atoms with Crippen LogP contribution in [0.3, 0.4) is 0 Å². The van der Waals surface area contributed by atoms with Crippen molar-refractivity contribution < 1.29 is 0 Å². The second-order valence-corrected chi connectivity index (χ2v) is 6.29. The summed E-state index contributed by atoms with van der Waals surface area (Å²) < 4.78 is 0. The van der Waals surface area contributed by atoms with E-state index < -0.39 is 0 Å². The van der Waals surface area contributed by atoms with E-state index >= 15 is 0 Å². The molecule has 1 heterocycles. The molecule has 0 aliphatic carbocycles. The third-order valence-electron chi connectivity index (χ3n) is 3.68. The standard InChI is InChI=1S/C19H26ClN5.HI/c1-4-21-19(23-12-10-16-7-5-6-8-17(16)20)24-14-15-9-11-22-18(13-15)25(2)3;/h5-9,11,13H,4,10,12,14H2,1-3H3,(H2,21,23,24);1H. The van der Waals surface area contributed by atoms with Crippen LogP contribution in [0.4, 0.5) is 5.82 Å². The summed E-state index contributed by atoms with van der Waals surface area (Å²) in [6.07, 6.45) is 2.67. The molecule has 0 saturated carbocycles. The summed E-state index contributed by atoms with van der Waals surface area (Å²) in [6, 6.07) is 12.0. The van der Waals surface area contributed by atoms with Crippen molar-refractivity contribution in [3.8, 4) is 0 Å². The van der Waals surface area contributed by atoms with Crippen molar-refractivity contribution in [1.29, 1.82) is 0 Å². The highest BCUT2D eigenvalue weighted by atomic mass is 127. The Morgan fingerprint density at radius 2 is 1.96 bits per heavy atom. The van der Waals surface area contributed by atoms with Gasteiger partial charge in [-0.15, -0.1) is 24.0 Å². The molecule has 2 aromatic rings. The zero-order valence-electron chi connectivity index (χ0n) is 15.5. The summed E-state index contributed by atoms with van der Waals surface area (Å²) in [5, 5.41) is 7.43. The van der Waals surface area contributed by atoms with Crippen molar-refractivity contribution in [2.45, 2.75) is 19.9 Å². The Labute approximate surface area is 178 Å². The monoisotopic (exact) mass is 487 g/mol. The van der Waals surface area contributed by atoms with Gasteiger partial charge in [0.1, 0.15) is 5.82 Å². The van der Waals surface area contributed by atoms with Gasteiger partial charge in [-0.3, -0.25) is 0 Å². The largest absolute Gasteiger partial charge is 0.363 e. The van der Waals surface area contributed by atoms with Crippen molar-refractivity contribution in [2.24, 2.45) is 4.99 Å². The van der Waals surface area contributed by atoms with E-state index in [-0.39, 0.29) is 24.0 Å². The van der Waals surface area contributed by atoms with Crippen molar-refractivity contribution in [3.63, 3.8) is 0 Å². The fraction of sp³-hybridized carbons (Fsp3) is 0.368. The predicted molar refractivity (Wildman–Crippen MR) is 122 cm³/mol. The molecule has 0 fully saturated rings. The number of rotatable bonds is 7. The van der Waals surface area contributed by atoms with Crippen LogP contribution in [0.15, 0.2) is 47.6 Å². The molecule has 5 nitrogen and oxygen atoms in total. The maximum absolute atomic E-state index is 6.20. The van der Waals surface area contributed by atoms with Gasteiger partial charge in [-0.2, -0.15) is 0 Å². The quantitative estimate of drug-likeness (QED) is 0.355. The molecular weight excluding hydrogens is 461 g/mol. The topological polar surface area (TPSA) is 52.6 Å². The minimum absolute atomic E-state index is 0. The molecule has 0 aliphatic heterocycles. The molecule has 0 atom stereocenters. The van der Waals surface area contributed by atoms with Crippen molar-refractivity contribution in [2.75, 3.05) is 32.1 Å². The van der Waals surface area contributed by atoms with Gasteiger partial charge in [0, 0.05) is 38.4 Å². The van der Waals surface area contributed by atoms with E-state index in [4.69, 9.17) is 11.6 Å². The number of aromatic nitrogens is 1. The molecule has 2 N–H and O–H groups in total. The van der Waals surface area contributed by atoms with Crippen LogP contribution < -0.4 is 15.5 Å². The van der Waals surface area contributed by atoms with Crippen LogP contribution >= 0.6 is 35.6 Å². The van der Waals surface area contributed by atoms with Crippen LogP contribution in [-0.4, -0.2) is 38.1 Å². The summed E-state index contributed by atoms with van der Waals surface area (Å²) in [5.41, 5.74) is 2.26. The van der Waals surface area contributed by atoms with Gasteiger partial charge < -0.3 is 15.5 Å². The maximum atomic E-state index is 6.20. The van der Waals surface area contributed by atoms with Crippen LogP contribution in [0.5, 0.6) is 0 Å². The lowest BCUT2D eigenvalue weighted by atomic mass is 10.1. The smallest absolute Gasteiger partial charge is 0.191 e. The number of hydrogen-bond donors (Lipinski definition) is 2. The average molecular weight is 488 g/mol. The predicted octanol–water partition coefficient (Wildman–Crippen LogP) is 3.72. The molecule has 7 heteroatoms. The first-order chi connectivity index (χ1) is 12.1. The summed E-state index contributed by atoms with van der Waals surface area (Å²) in [7, 11) is 3.96. The number of aliphatic imine (C=N–C) groups is 1. The molecule has 0 saturated heterocycles. The Hall–Kier alpha value is -1.54. The number of pyridine rings is 1. The normalized spacial score (nSPS) is 10.8. The van der Waals surface area contributed by atoms with Gasteiger partial charge in [0.2, 0.25) is 0 Å². The third-order valence-corrected chi connectivity index (χ3v) is 4.05. The molecule has 2 rings (SSSR count). The van der Waals surface area contributed by atoms with Crippen molar-refractivity contribution in [1.82, 2.24) is 15.6 Å². The van der Waals surface area contributed by atoms with Crippen molar-refractivity contribution in [3.05, 3.63) is 58.7 Å². The summed E-state index contributed by atoms with van der Waals surface area (Å²) in [5.74, 6) is 1.74. The van der Waals surface area contributed by atoms with E-state index in [1.54, 1.807) is 0 Å². The molecule has 0 unspecified atom stereocenters. The Morgan fingerprint density at radius 3 is 2.65 bits per heavy atom. The second-order valence-electron chi connectivity index (χ2n) is 5.88. The maximum Gasteiger partial charge on any atom is 0.191 e. The van der Waals surface area contributed by atoms with Crippen LogP contribution in [0.1, 0.15) is 18.1 Å². The highest BCUT2D eigenvalue weighted by molar-refractivity contribution is 14.0. The fourth-order valence-corrected chi connectivity index (χ4v) is 2.56. The van der Waals surface area contributed by atoms with Crippen LogP contribution in [-0.2, 0) is 13.0 Å². The van der Waals surface area contributed by atoms with Gasteiger partial charge >= 0.3 is 0 Å². The first-order valence-electron chi connectivity index (χ1n) is 8.48. The first-order valence-corrected chi connectivity index (χ1v) is 8.85. The Morgan fingerprint density at radius 1 is 1.19 bits per heavy atom. The van der Waals surface area contributed by atoms with Crippen LogP contribution in [0.2, 0.25) is 5.02 Å². The second kappa shape index (κ2) is 12.0. The van der Waals surface area contributed by atoms with Gasteiger partial charge in [0.25, 0.3) is 0 Å². The van der Waals surface area contributed by atoms with Crippen molar-refractivity contribution >= 4 is 47.4 Å². The van der Waals surface area contributed by atoms with Gasteiger partial charge in [0.05, 0.1) is 6.54 Å². The number of nitrogens with one attached hydrogen (secondary N) is 2. The number of anilines is 1. The lowest BCUT2D eigenvalue weighted by Crippen LogP contribution is -2.38. The third kappa shape index (κ3) is 7.37. The minimum Gasteiger partial charge on any atom is -0.363 e. The Bertz CT molecular complexity index is 706. The van der Waals surface area contributed by atoms with Crippen LogP contribution in [0, 0.1) is 0 Å². The number of nitrogens with zero attached hydrogens (tertiary/aromatic N) is 3. The number of benzene rings is 1. The Kier molecular flexibility index (Phi) is 10.3. The van der Waals surface area contributed by atoms with Gasteiger partial charge in [-0.1, -0.05) is 29.8 Å². The fourth-order valence-electron chi connectivity index (χ4n) is 2.33. The lowest BCUT2D eigenvalue weighted by molar-refractivity contribution is 0.799. The van der Waals surface area contributed by atoms with E-state index in [1.807, 2.05) is 55.5 Å². The first kappa shape index (κ1) is 22.5. The molecule has 142 valence electrons. The molecule has 26 heavy (non-hydrogen) atoms. The van der Waals surface area contributed by atoms with Gasteiger partial charge in [-0.05, 0) is 42.7 Å². The van der Waals surface area contributed by atoms with E-state index in [0.29, 0.717) is 6.54 Å². The molecular formula is C19H27ClIN5. The zero-order valence-corrected chi connectivity index (χ0v) is 18.6. The molecule has 0 bridgehead atoms. The van der Waals surface area contributed by atoms with E-state index in [9.17, 15) is 0 Å². The summed E-state index contributed by atoms with van der Waals surface area (Å²) in [6.45, 7) is 4.25. The van der Waals surface area contributed by atoms with E-state index in [0.717, 1.165) is 47.4 Å². The van der Waals surface area contributed by atoms with Gasteiger partial charge in [-0.25, -0.2) is 9.98 Å². The van der Waals surface area contributed by atoms with E-state index in [1.165, 1.54) is 0 Å². The minimum atomic E-state index is 0. The highest BCUT2D eigenvalue weighted by Crippen LogP contribution is 2.14. The molecule has 0 amide bonds. The van der Waals surface area contributed by atoms with Gasteiger partial charge in [0.15, 0.2) is 5.96 Å². The van der Waals surface area contributed by atoms with Crippen LogP contribution in [0.25, 0.3) is 0 Å². The number of halogens is 2. The lowest BCUT2D eigenvalue weighted by Gasteiger charge is -2.13. The molecule has 0 aliphatic rings. The zero-order chi connectivity index (χ0) is 18.1. The summed E-state index contributed by atoms with van der Waals surface area (Å²) >= 11 is 6.20. The molecule has 1 aromatic carbocycles. The Balaban J connectivity index is 0.00000338. The molecule has 0 spiro atoms. The molecule has 0 radical (unpaired) electrons. The highest BCUT2D eigenvalue weighted by Gasteiger charge is 2.02. The van der Waals surface area contributed by atoms with E-state index in [2.05, 4.69) is 33.6 Å². The molecule has 1 aromatic heterocycles.